The summed E-state index contributed by atoms with van der Waals surface area (Å²) in [5, 5.41) is 6.46. The maximum absolute atomic E-state index is 12.5. The second-order valence-corrected chi connectivity index (χ2v) is 6.70. The fraction of sp³-hybridized carbons (Fsp3) is 0.588. The van der Waals surface area contributed by atoms with Crippen molar-refractivity contribution in [3.05, 3.63) is 23.8 Å². The van der Waals surface area contributed by atoms with E-state index in [4.69, 9.17) is 5.73 Å². The van der Waals surface area contributed by atoms with Crippen molar-refractivity contribution in [2.75, 3.05) is 17.2 Å². The number of fused-ring (bicyclic) bond motifs is 1. The third-order valence-corrected chi connectivity index (χ3v) is 4.88. The molecule has 21 heavy (non-hydrogen) atoms. The summed E-state index contributed by atoms with van der Waals surface area (Å²) in [6.45, 7) is 3.04. The first kappa shape index (κ1) is 14.4. The summed E-state index contributed by atoms with van der Waals surface area (Å²) in [7, 11) is 0. The minimum atomic E-state index is -0.377. The molecule has 1 aromatic rings. The van der Waals surface area contributed by atoms with Crippen LogP contribution in [-0.4, -0.2) is 18.0 Å². The molecule has 4 heteroatoms. The van der Waals surface area contributed by atoms with E-state index in [1.165, 1.54) is 11.3 Å². The number of hydrogen-bond donors (Lipinski definition) is 3. The van der Waals surface area contributed by atoms with E-state index < -0.39 is 0 Å². The molecule has 0 radical (unpaired) electrons. The third-order valence-electron chi connectivity index (χ3n) is 4.88. The SMILES string of the molecule is CC1(N)CCCCC1C(=O)Nc1ccc2c(c1)CCCN2. The van der Waals surface area contributed by atoms with Crippen LogP contribution in [0.4, 0.5) is 11.4 Å². The van der Waals surface area contributed by atoms with Gasteiger partial charge < -0.3 is 16.4 Å². The van der Waals surface area contributed by atoms with E-state index in [0.717, 1.165) is 50.8 Å². The van der Waals surface area contributed by atoms with Gasteiger partial charge in [-0.3, -0.25) is 4.79 Å². The molecular weight excluding hydrogens is 262 g/mol. The highest BCUT2D eigenvalue weighted by Crippen LogP contribution is 2.33. The molecule has 2 atom stereocenters. The molecule has 1 fully saturated rings. The Hall–Kier alpha value is -1.55. The summed E-state index contributed by atoms with van der Waals surface area (Å²) in [5.41, 5.74) is 9.32. The number of nitrogens with one attached hydrogen (secondary N) is 2. The predicted molar refractivity (Wildman–Crippen MR) is 86.4 cm³/mol. The summed E-state index contributed by atoms with van der Waals surface area (Å²) in [5.74, 6) is -0.0103. The first-order valence-corrected chi connectivity index (χ1v) is 8.03. The molecule has 0 aromatic heterocycles. The van der Waals surface area contributed by atoms with Crippen molar-refractivity contribution in [2.24, 2.45) is 11.7 Å². The van der Waals surface area contributed by atoms with Gasteiger partial charge in [-0.05, 0) is 56.4 Å². The second-order valence-electron chi connectivity index (χ2n) is 6.70. The lowest BCUT2D eigenvalue weighted by Gasteiger charge is -2.37. The van der Waals surface area contributed by atoms with Crippen LogP contribution in [0.1, 0.15) is 44.6 Å². The van der Waals surface area contributed by atoms with Crippen LogP contribution >= 0.6 is 0 Å². The van der Waals surface area contributed by atoms with Crippen molar-refractivity contribution < 1.29 is 4.79 Å². The summed E-state index contributed by atoms with van der Waals surface area (Å²) in [4.78, 5) is 12.5. The number of benzene rings is 1. The molecule has 114 valence electrons. The lowest BCUT2D eigenvalue weighted by atomic mass is 9.74. The van der Waals surface area contributed by atoms with Gasteiger partial charge in [-0.15, -0.1) is 0 Å². The number of rotatable bonds is 2. The normalized spacial score (nSPS) is 28.4. The van der Waals surface area contributed by atoms with Crippen molar-refractivity contribution in [3.8, 4) is 0 Å². The van der Waals surface area contributed by atoms with Gasteiger partial charge in [-0.1, -0.05) is 12.8 Å². The van der Waals surface area contributed by atoms with Gasteiger partial charge in [0.25, 0.3) is 0 Å². The van der Waals surface area contributed by atoms with E-state index in [1.807, 2.05) is 13.0 Å². The van der Waals surface area contributed by atoms with Crippen LogP contribution in [0, 0.1) is 5.92 Å². The van der Waals surface area contributed by atoms with E-state index in [-0.39, 0.29) is 17.4 Å². The lowest BCUT2D eigenvalue weighted by molar-refractivity contribution is -0.122. The van der Waals surface area contributed by atoms with Gasteiger partial charge in [0.2, 0.25) is 5.91 Å². The maximum Gasteiger partial charge on any atom is 0.229 e. The Kier molecular flexibility index (Phi) is 3.89. The van der Waals surface area contributed by atoms with Gasteiger partial charge in [0.05, 0.1) is 5.92 Å². The minimum absolute atomic E-state index is 0.0726. The number of carbonyl (C=O) groups excluding carboxylic acids is 1. The van der Waals surface area contributed by atoms with Gasteiger partial charge in [-0.25, -0.2) is 0 Å². The van der Waals surface area contributed by atoms with Crippen molar-refractivity contribution in [2.45, 2.75) is 51.0 Å². The van der Waals surface area contributed by atoms with Gasteiger partial charge >= 0.3 is 0 Å². The summed E-state index contributed by atoms with van der Waals surface area (Å²) >= 11 is 0. The maximum atomic E-state index is 12.5. The van der Waals surface area contributed by atoms with E-state index in [1.54, 1.807) is 0 Å². The zero-order valence-electron chi connectivity index (χ0n) is 12.7. The van der Waals surface area contributed by atoms with Crippen molar-refractivity contribution in [1.82, 2.24) is 0 Å². The fourth-order valence-electron chi connectivity index (χ4n) is 3.57. The van der Waals surface area contributed by atoms with E-state index in [9.17, 15) is 4.79 Å². The molecule has 1 saturated carbocycles. The molecule has 1 aliphatic heterocycles. The van der Waals surface area contributed by atoms with Crippen molar-refractivity contribution >= 4 is 17.3 Å². The van der Waals surface area contributed by atoms with Gasteiger partial charge in [0.15, 0.2) is 0 Å². The molecule has 1 amide bonds. The van der Waals surface area contributed by atoms with Crippen LogP contribution in [0.25, 0.3) is 0 Å². The van der Waals surface area contributed by atoms with Crippen LogP contribution in [0.5, 0.6) is 0 Å². The van der Waals surface area contributed by atoms with E-state index in [0.29, 0.717) is 0 Å². The molecule has 1 heterocycles. The predicted octanol–water partition coefficient (Wildman–Crippen LogP) is 2.89. The van der Waals surface area contributed by atoms with Crippen LogP contribution in [0.2, 0.25) is 0 Å². The molecule has 0 saturated heterocycles. The highest BCUT2D eigenvalue weighted by molar-refractivity contribution is 5.93. The molecular formula is C17H25N3O. The summed E-state index contributed by atoms with van der Waals surface area (Å²) in [6.07, 6.45) is 6.27. The van der Waals surface area contributed by atoms with Gasteiger partial charge in [-0.2, -0.15) is 0 Å². The van der Waals surface area contributed by atoms with Crippen LogP contribution in [-0.2, 0) is 11.2 Å². The van der Waals surface area contributed by atoms with E-state index in [2.05, 4.69) is 22.8 Å². The number of aryl methyl sites for hydroxylation is 1. The molecule has 3 rings (SSSR count). The zero-order valence-corrected chi connectivity index (χ0v) is 12.7. The fourth-order valence-corrected chi connectivity index (χ4v) is 3.57. The first-order chi connectivity index (χ1) is 10.1. The molecule has 2 unspecified atom stereocenters. The Balaban J connectivity index is 1.72. The summed E-state index contributed by atoms with van der Waals surface area (Å²) < 4.78 is 0. The van der Waals surface area contributed by atoms with Crippen LogP contribution in [0.3, 0.4) is 0 Å². The van der Waals surface area contributed by atoms with Crippen LogP contribution in [0.15, 0.2) is 18.2 Å². The monoisotopic (exact) mass is 287 g/mol. The molecule has 0 bridgehead atoms. The number of anilines is 2. The number of carbonyl (C=O) groups is 1. The largest absolute Gasteiger partial charge is 0.385 e. The highest BCUT2D eigenvalue weighted by atomic mass is 16.1. The Morgan fingerprint density at radius 1 is 1.38 bits per heavy atom. The molecule has 4 N–H and O–H groups in total. The quantitative estimate of drug-likeness (QED) is 0.783. The number of hydrogen-bond acceptors (Lipinski definition) is 3. The Labute approximate surface area is 126 Å². The molecule has 1 aromatic carbocycles. The van der Waals surface area contributed by atoms with Crippen molar-refractivity contribution in [1.29, 1.82) is 0 Å². The first-order valence-electron chi connectivity index (χ1n) is 8.03. The van der Waals surface area contributed by atoms with Crippen LogP contribution < -0.4 is 16.4 Å². The smallest absolute Gasteiger partial charge is 0.229 e. The van der Waals surface area contributed by atoms with Crippen molar-refractivity contribution in [3.63, 3.8) is 0 Å². The molecule has 1 aliphatic carbocycles. The summed E-state index contributed by atoms with van der Waals surface area (Å²) in [6, 6.07) is 6.13. The number of nitrogens with two attached hydrogens (primary N) is 1. The molecule has 4 nitrogen and oxygen atoms in total. The zero-order chi connectivity index (χ0) is 14.9. The van der Waals surface area contributed by atoms with Gasteiger partial charge in [0.1, 0.15) is 0 Å². The van der Waals surface area contributed by atoms with E-state index >= 15 is 0 Å². The van der Waals surface area contributed by atoms with Gasteiger partial charge in [0, 0.05) is 23.5 Å². The third kappa shape index (κ3) is 3.05. The Morgan fingerprint density at radius 2 is 2.24 bits per heavy atom. The average Bonchev–Trinajstić information content (AvgIpc) is 2.46. The Bertz CT molecular complexity index is 539. The minimum Gasteiger partial charge on any atom is -0.385 e. The standard InChI is InChI=1S/C17H25N3O/c1-17(18)9-3-2-6-14(17)16(21)20-13-7-8-15-12(11-13)5-4-10-19-15/h7-8,11,14,19H,2-6,9-10,18H2,1H3,(H,20,21). The number of amides is 1. The Morgan fingerprint density at radius 3 is 3.05 bits per heavy atom. The highest BCUT2D eigenvalue weighted by Gasteiger charge is 2.37. The lowest BCUT2D eigenvalue weighted by Crippen LogP contribution is -2.51. The average molecular weight is 287 g/mol. The topological polar surface area (TPSA) is 67.2 Å². The second kappa shape index (κ2) is 5.68. The molecule has 2 aliphatic rings. The molecule has 0 spiro atoms.